The smallest absolute Gasteiger partial charge is 0.282 e. The minimum atomic E-state index is -3.42. The van der Waals surface area contributed by atoms with Gasteiger partial charge in [-0.2, -0.15) is 4.31 Å². The molecular weight excluding hydrogens is 374 g/mol. The molecule has 1 saturated heterocycles. The normalized spacial score (nSPS) is 27.5. The van der Waals surface area contributed by atoms with Crippen LogP contribution in [0.4, 0.5) is 5.69 Å². The molecule has 156 valence electrons. The number of rotatable bonds is 6. The van der Waals surface area contributed by atoms with Crippen LogP contribution in [0.2, 0.25) is 0 Å². The first kappa shape index (κ1) is 21.3. The molecular formula is C21H34N3O3S+. The van der Waals surface area contributed by atoms with Crippen LogP contribution < -0.4 is 10.6 Å². The van der Waals surface area contributed by atoms with Gasteiger partial charge in [-0.05, 0) is 69.2 Å². The van der Waals surface area contributed by atoms with Crippen LogP contribution in [-0.4, -0.2) is 43.8 Å². The topological polar surface area (TPSA) is 83.1 Å². The first-order chi connectivity index (χ1) is 13.3. The van der Waals surface area contributed by atoms with E-state index in [9.17, 15) is 13.2 Å². The summed E-state index contributed by atoms with van der Waals surface area (Å²) in [6.45, 7) is 7.70. The molecule has 1 aromatic rings. The van der Waals surface area contributed by atoms with Crippen molar-refractivity contribution in [2.45, 2.75) is 69.9 Å². The van der Waals surface area contributed by atoms with E-state index in [1.807, 2.05) is 6.92 Å². The van der Waals surface area contributed by atoms with E-state index in [1.54, 1.807) is 24.3 Å². The van der Waals surface area contributed by atoms with Gasteiger partial charge in [-0.3, -0.25) is 4.79 Å². The van der Waals surface area contributed by atoms with Crippen molar-refractivity contribution in [3.8, 4) is 0 Å². The van der Waals surface area contributed by atoms with E-state index in [1.165, 1.54) is 17.1 Å². The van der Waals surface area contributed by atoms with Crippen molar-refractivity contribution in [3.63, 3.8) is 0 Å². The second-order valence-corrected chi connectivity index (χ2v) is 10.5. The highest BCUT2D eigenvalue weighted by atomic mass is 32.2. The molecule has 2 aliphatic rings. The third kappa shape index (κ3) is 4.75. The van der Waals surface area contributed by atoms with E-state index < -0.39 is 10.0 Å². The lowest BCUT2D eigenvalue weighted by atomic mass is 9.78. The predicted molar refractivity (Wildman–Crippen MR) is 110 cm³/mol. The summed E-state index contributed by atoms with van der Waals surface area (Å²) in [5.41, 5.74) is 0.635. The van der Waals surface area contributed by atoms with E-state index >= 15 is 0 Å². The maximum atomic E-state index is 12.6. The van der Waals surface area contributed by atoms with Crippen LogP contribution in [-0.2, 0) is 14.8 Å². The number of benzene rings is 1. The molecule has 1 aromatic carbocycles. The van der Waals surface area contributed by atoms with Crippen molar-refractivity contribution in [1.82, 2.24) is 4.31 Å². The Balaban J connectivity index is 1.58. The number of nitrogens with one attached hydrogen (secondary N) is 1. The number of nitrogens with zero attached hydrogens (tertiary/aromatic N) is 1. The van der Waals surface area contributed by atoms with Crippen molar-refractivity contribution in [2.75, 3.05) is 18.4 Å². The molecule has 0 bridgehead atoms. The molecule has 4 atom stereocenters. The number of hydrogen-bond acceptors (Lipinski definition) is 3. The first-order valence-electron chi connectivity index (χ1n) is 10.5. The molecule has 3 rings (SSSR count). The molecule has 0 spiro atoms. The molecule has 0 radical (unpaired) electrons. The summed E-state index contributed by atoms with van der Waals surface area (Å²) < 4.78 is 26.7. The molecule has 1 saturated carbocycles. The first-order valence-corrected chi connectivity index (χ1v) is 12.0. The summed E-state index contributed by atoms with van der Waals surface area (Å²) in [6.07, 6.45) is 5.50. The van der Waals surface area contributed by atoms with Gasteiger partial charge in [0.2, 0.25) is 10.0 Å². The van der Waals surface area contributed by atoms with Crippen molar-refractivity contribution in [3.05, 3.63) is 24.3 Å². The predicted octanol–water partition coefficient (Wildman–Crippen LogP) is 2.19. The number of anilines is 1. The zero-order valence-corrected chi connectivity index (χ0v) is 18.0. The van der Waals surface area contributed by atoms with E-state index in [2.05, 4.69) is 24.5 Å². The maximum absolute atomic E-state index is 12.6. The van der Waals surface area contributed by atoms with Crippen molar-refractivity contribution in [2.24, 2.45) is 11.8 Å². The molecule has 0 unspecified atom stereocenters. The lowest BCUT2D eigenvalue weighted by Crippen LogP contribution is -2.97. The summed E-state index contributed by atoms with van der Waals surface area (Å²) in [7, 11) is -3.42. The van der Waals surface area contributed by atoms with E-state index in [-0.39, 0.29) is 16.8 Å². The summed E-state index contributed by atoms with van der Waals surface area (Å²) in [6, 6.07) is 6.84. The molecule has 0 aromatic heterocycles. The minimum absolute atomic E-state index is 0.0411. The Morgan fingerprint density at radius 1 is 1.11 bits per heavy atom. The molecule has 1 aliphatic carbocycles. The second kappa shape index (κ2) is 8.93. The van der Waals surface area contributed by atoms with Crippen LogP contribution in [0.15, 0.2) is 29.2 Å². The van der Waals surface area contributed by atoms with E-state index in [0.717, 1.165) is 19.3 Å². The average molecular weight is 409 g/mol. The van der Waals surface area contributed by atoms with Gasteiger partial charge in [0.05, 0.1) is 10.9 Å². The van der Waals surface area contributed by atoms with Crippen molar-refractivity contribution in [1.29, 1.82) is 0 Å². The Kier molecular flexibility index (Phi) is 6.78. The van der Waals surface area contributed by atoms with Crippen LogP contribution in [0.3, 0.4) is 0 Å². The zero-order valence-electron chi connectivity index (χ0n) is 17.2. The van der Waals surface area contributed by atoms with Crippen LogP contribution in [0.25, 0.3) is 0 Å². The summed E-state index contributed by atoms with van der Waals surface area (Å²) in [5.74, 6) is 1.27. The second-order valence-electron chi connectivity index (χ2n) is 8.54. The Morgan fingerprint density at radius 3 is 2.39 bits per heavy atom. The quantitative estimate of drug-likeness (QED) is 0.757. The highest BCUT2D eigenvalue weighted by molar-refractivity contribution is 7.89. The summed E-state index contributed by atoms with van der Waals surface area (Å²) >= 11 is 0. The van der Waals surface area contributed by atoms with Gasteiger partial charge in [0.25, 0.3) is 5.91 Å². The Morgan fingerprint density at radius 2 is 1.75 bits per heavy atom. The van der Waals surface area contributed by atoms with Gasteiger partial charge in [-0.15, -0.1) is 0 Å². The fraction of sp³-hybridized carbons (Fsp3) is 0.667. The number of amides is 1. The number of carbonyl (C=O) groups is 1. The maximum Gasteiger partial charge on any atom is 0.282 e. The Hall–Kier alpha value is -1.44. The zero-order chi connectivity index (χ0) is 20.3. The van der Waals surface area contributed by atoms with Crippen LogP contribution in [0.5, 0.6) is 0 Å². The molecule has 1 aliphatic heterocycles. The van der Waals surface area contributed by atoms with E-state index in [0.29, 0.717) is 36.7 Å². The molecule has 6 nitrogen and oxygen atoms in total. The molecule has 2 fully saturated rings. The summed E-state index contributed by atoms with van der Waals surface area (Å²) in [5, 5.41) is 5.12. The van der Waals surface area contributed by atoms with Gasteiger partial charge in [0.15, 0.2) is 6.04 Å². The fourth-order valence-electron chi connectivity index (χ4n) is 4.40. The van der Waals surface area contributed by atoms with Crippen molar-refractivity contribution >= 4 is 21.6 Å². The number of hydrogen-bond donors (Lipinski definition) is 2. The van der Waals surface area contributed by atoms with Gasteiger partial charge < -0.3 is 10.6 Å². The summed E-state index contributed by atoms with van der Waals surface area (Å²) in [4.78, 5) is 12.9. The monoisotopic (exact) mass is 408 g/mol. The van der Waals surface area contributed by atoms with Gasteiger partial charge >= 0.3 is 0 Å². The largest absolute Gasteiger partial charge is 0.334 e. The SMILES string of the molecule is C[C@@H]1[C@H](C)CCC[C@H]1[NH2+][C@@H](C)C(=O)Nc1ccc(S(=O)(=O)N2CCCC2)cc1. The van der Waals surface area contributed by atoms with Gasteiger partial charge in [0.1, 0.15) is 0 Å². The van der Waals surface area contributed by atoms with Crippen molar-refractivity contribution < 1.29 is 18.5 Å². The van der Waals surface area contributed by atoms with Gasteiger partial charge in [-0.1, -0.05) is 13.8 Å². The minimum Gasteiger partial charge on any atom is -0.334 e. The number of carbonyl (C=O) groups excluding carboxylic acids is 1. The highest BCUT2D eigenvalue weighted by Crippen LogP contribution is 2.27. The van der Waals surface area contributed by atoms with Crippen LogP contribution in [0, 0.1) is 11.8 Å². The lowest BCUT2D eigenvalue weighted by Gasteiger charge is -2.33. The number of nitrogens with two attached hydrogens (primary N) is 1. The number of sulfonamides is 1. The van der Waals surface area contributed by atoms with Crippen LogP contribution >= 0.6 is 0 Å². The average Bonchev–Trinajstić information content (AvgIpc) is 3.21. The Labute approximate surface area is 169 Å². The fourth-order valence-corrected chi connectivity index (χ4v) is 5.91. The molecule has 7 heteroatoms. The lowest BCUT2D eigenvalue weighted by molar-refractivity contribution is -0.715. The van der Waals surface area contributed by atoms with E-state index in [4.69, 9.17) is 0 Å². The van der Waals surface area contributed by atoms with Crippen LogP contribution in [0.1, 0.15) is 52.9 Å². The Bertz CT molecular complexity index is 773. The number of quaternary nitrogens is 1. The molecule has 28 heavy (non-hydrogen) atoms. The van der Waals surface area contributed by atoms with Gasteiger partial charge in [-0.25, -0.2) is 8.42 Å². The molecule has 1 amide bonds. The highest BCUT2D eigenvalue weighted by Gasteiger charge is 2.32. The molecule has 3 N–H and O–H groups in total. The standard InChI is InChI=1S/C21H33N3O3S/c1-15-7-6-8-20(16(15)2)22-17(3)21(25)23-18-9-11-19(12-10-18)28(26,27)24-13-4-5-14-24/h9-12,15-17,20,22H,4-8,13-14H2,1-3H3,(H,23,25)/p+1/t15-,16-,17+,20-/m1/s1. The molecule has 1 heterocycles. The third-order valence-electron chi connectivity index (χ3n) is 6.54. The third-order valence-corrected chi connectivity index (χ3v) is 8.46. The van der Waals surface area contributed by atoms with Gasteiger partial charge in [0, 0.05) is 24.7 Å².